The number of H-pyrrole nitrogens is 1. The molecule has 0 unspecified atom stereocenters. The minimum atomic E-state index is 0.170. The first-order chi connectivity index (χ1) is 10.8. The molecule has 0 aliphatic carbocycles. The molecule has 2 heterocycles. The van der Waals surface area contributed by atoms with Crippen molar-refractivity contribution < 1.29 is 4.79 Å². The number of likely N-dealkylation sites (tertiary alicyclic amines) is 1. The Morgan fingerprint density at radius 2 is 1.82 bits per heavy atom. The molecule has 2 aromatic carbocycles. The zero-order chi connectivity index (χ0) is 14.9. The fourth-order valence-electron chi connectivity index (χ4n) is 3.40. The predicted octanol–water partition coefficient (Wildman–Crippen LogP) is 4.03. The summed E-state index contributed by atoms with van der Waals surface area (Å²) >= 11 is 0. The van der Waals surface area contributed by atoms with E-state index in [1.54, 1.807) is 0 Å². The molecule has 1 N–H and O–H groups in total. The number of aromatic nitrogens is 1. The van der Waals surface area contributed by atoms with Crippen molar-refractivity contribution in [1.29, 1.82) is 0 Å². The summed E-state index contributed by atoms with van der Waals surface area (Å²) in [7, 11) is 0. The fraction of sp³-hybridized carbons (Fsp3) is 0.211. The van der Waals surface area contributed by atoms with Gasteiger partial charge >= 0.3 is 0 Å². The lowest BCUT2D eigenvalue weighted by Crippen LogP contribution is -2.27. The smallest absolute Gasteiger partial charge is 0.223 e. The van der Waals surface area contributed by atoms with E-state index in [-0.39, 0.29) is 11.9 Å². The van der Waals surface area contributed by atoms with Gasteiger partial charge in [-0.1, -0.05) is 48.5 Å². The van der Waals surface area contributed by atoms with Crippen molar-refractivity contribution in [2.24, 2.45) is 0 Å². The summed E-state index contributed by atoms with van der Waals surface area (Å²) in [6, 6.07) is 18.7. The molecular formula is C19H18N2O. The maximum Gasteiger partial charge on any atom is 0.223 e. The standard InChI is InChI=1S/C19H18N2O/c22-19-11-10-18(21(19)13-14-6-2-1-3-7-14)16-12-20-17-9-5-4-8-15(16)17/h1-9,12,18,20H,10-11,13H2/t18-/m1/s1. The van der Waals surface area contributed by atoms with Crippen molar-refractivity contribution in [3.05, 3.63) is 71.9 Å². The Hall–Kier alpha value is -2.55. The van der Waals surface area contributed by atoms with Crippen LogP contribution in [0.1, 0.15) is 30.0 Å². The number of para-hydroxylation sites is 1. The highest BCUT2D eigenvalue weighted by Crippen LogP contribution is 2.37. The Bertz CT molecular complexity index is 806. The second-order valence-electron chi connectivity index (χ2n) is 5.85. The molecule has 3 heteroatoms. The molecular weight excluding hydrogens is 272 g/mol. The number of nitrogens with one attached hydrogen (secondary N) is 1. The van der Waals surface area contributed by atoms with Crippen LogP contribution >= 0.6 is 0 Å². The van der Waals surface area contributed by atoms with Gasteiger partial charge in [0.05, 0.1) is 6.04 Å². The van der Waals surface area contributed by atoms with Crippen molar-refractivity contribution >= 4 is 16.8 Å². The van der Waals surface area contributed by atoms with Gasteiger partial charge in [-0.3, -0.25) is 4.79 Å². The van der Waals surface area contributed by atoms with E-state index in [0.29, 0.717) is 13.0 Å². The molecule has 4 rings (SSSR count). The molecule has 1 aliphatic rings. The van der Waals surface area contributed by atoms with Gasteiger partial charge in [-0.25, -0.2) is 0 Å². The number of carbonyl (C=O) groups excluding carboxylic acids is 1. The second-order valence-corrected chi connectivity index (χ2v) is 5.85. The summed E-state index contributed by atoms with van der Waals surface area (Å²) in [6.45, 7) is 0.684. The third-order valence-electron chi connectivity index (χ3n) is 4.50. The number of benzene rings is 2. The topological polar surface area (TPSA) is 36.1 Å². The van der Waals surface area contributed by atoms with Gasteiger partial charge in [0.25, 0.3) is 0 Å². The quantitative estimate of drug-likeness (QED) is 0.776. The first kappa shape index (κ1) is 13.1. The summed E-state index contributed by atoms with van der Waals surface area (Å²) in [5.74, 6) is 0.249. The van der Waals surface area contributed by atoms with E-state index < -0.39 is 0 Å². The molecule has 1 amide bonds. The van der Waals surface area contributed by atoms with Crippen LogP contribution in [0.2, 0.25) is 0 Å². The first-order valence-corrected chi connectivity index (χ1v) is 7.72. The van der Waals surface area contributed by atoms with Crippen molar-refractivity contribution in [3.8, 4) is 0 Å². The molecule has 3 aromatic rings. The van der Waals surface area contributed by atoms with Gasteiger partial charge in [-0.05, 0) is 23.6 Å². The lowest BCUT2D eigenvalue weighted by molar-refractivity contribution is -0.129. The summed E-state index contributed by atoms with van der Waals surface area (Å²) in [5, 5.41) is 1.22. The molecule has 3 nitrogen and oxygen atoms in total. The maximum absolute atomic E-state index is 12.3. The van der Waals surface area contributed by atoms with Crippen molar-refractivity contribution in [3.63, 3.8) is 0 Å². The van der Waals surface area contributed by atoms with Crippen LogP contribution in [0.15, 0.2) is 60.8 Å². The molecule has 1 atom stereocenters. The van der Waals surface area contributed by atoms with Crippen molar-refractivity contribution in [2.45, 2.75) is 25.4 Å². The van der Waals surface area contributed by atoms with Crippen LogP contribution in [0.5, 0.6) is 0 Å². The van der Waals surface area contributed by atoms with Crippen molar-refractivity contribution in [1.82, 2.24) is 9.88 Å². The lowest BCUT2D eigenvalue weighted by atomic mass is 10.0. The summed E-state index contributed by atoms with van der Waals surface area (Å²) in [6.07, 6.45) is 3.59. The molecule has 0 saturated carbocycles. The highest BCUT2D eigenvalue weighted by molar-refractivity contribution is 5.86. The Balaban J connectivity index is 1.69. The monoisotopic (exact) mass is 290 g/mol. The Labute approximate surface area is 129 Å². The second kappa shape index (κ2) is 5.34. The molecule has 1 aromatic heterocycles. The predicted molar refractivity (Wildman–Crippen MR) is 87.3 cm³/mol. The number of nitrogens with zero attached hydrogens (tertiary/aromatic N) is 1. The van der Waals surface area contributed by atoms with E-state index in [2.05, 4.69) is 41.5 Å². The summed E-state index contributed by atoms with van der Waals surface area (Å²) < 4.78 is 0. The minimum absolute atomic E-state index is 0.170. The van der Waals surface area contributed by atoms with Crippen LogP contribution in [0.4, 0.5) is 0 Å². The molecule has 0 spiro atoms. The molecule has 0 bridgehead atoms. The van der Waals surface area contributed by atoms with Crippen LogP contribution in [0.25, 0.3) is 10.9 Å². The normalized spacial score (nSPS) is 18.3. The number of hydrogen-bond acceptors (Lipinski definition) is 1. The lowest BCUT2D eigenvalue weighted by Gasteiger charge is -2.25. The zero-order valence-electron chi connectivity index (χ0n) is 12.3. The SMILES string of the molecule is O=C1CC[C@H](c2c[nH]c3ccccc23)N1Cc1ccccc1. The van der Waals surface area contributed by atoms with E-state index in [1.165, 1.54) is 16.5 Å². The third-order valence-corrected chi connectivity index (χ3v) is 4.50. The summed E-state index contributed by atoms with van der Waals surface area (Å²) in [4.78, 5) is 17.7. The highest BCUT2D eigenvalue weighted by atomic mass is 16.2. The fourth-order valence-corrected chi connectivity index (χ4v) is 3.40. The molecule has 0 radical (unpaired) electrons. The number of amides is 1. The van der Waals surface area contributed by atoms with Gasteiger partial charge < -0.3 is 9.88 Å². The van der Waals surface area contributed by atoms with Gasteiger partial charge in [0.2, 0.25) is 5.91 Å². The largest absolute Gasteiger partial charge is 0.361 e. The number of rotatable bonds is 3. The average Bonchev–Trinajstić information content (AvgIpc) is 3.13. The van der Waals surface area contributed by atoms with Gasteiger partial charge in [0.15, 0.2) is 0 Å². The first-order valence-electron chi connectivity index (χ1n) is 7.72. The molecule has 22 heavy (non-hydrogen) atoms. The summed E-state index contributed by atoms with van der Waals surface area (Å²) in [5.41, 5.74) is 3.55. The third kappa shape index (κ3) is 2.19. The van der Waals surface area contributed by atoms with Crippen LogP contribution in [-0.4, -0.2) is 15.8 Å². The highest BCUT2D eigenvalue weighted by Gasteiger charge is 2.33. The number of hydrogen-bond donors (Lipinski definition) is 1. The molecule has 1 saturated heterocycles. The Kier molecular flexibility index (Phi) is 3.19. The zero-order valence-corrected chi connectivity index (χ0v) is 12.3. The van der Waals surface area contributed by atoms with E-state index in [4.69, 9.17) is 0 Å². The van der Waals surface area contributed by atoms with Crippen LogP contribution in [0.3, 0.4) is 0 Å². The average molecular weight is 290 g/mol. The Morgan fingerprint density at radius 1 is 1.05 bits per heavy atom. The van der Waals surface area contributed by atoms with Gasteiger partial charge in [-0.15, -0.1) is 0 Å². The number of fused-ring (bicyclic) bond motifs is 1. The van der Waals surface area contributed by atoms with Gasteiger partial charge in [0, 0.05) is 30.1 Å². The number of carbonyl (C=O) groups is 1. The van der Waals surface area contributed by atoms with Gasteiger partial charge in [0.1, 0.15) is 0 Å². The maximum atomic E-state index is 12.3. The number of aromatic amines is 1. The molecule has 1 fully saturated rings. The molecule has 110 valence electrons. The van der Waals surface area contributed by atoms with Crippen LogP contribution < -0.4 is 0 Å². The van der Waals surface area contributed by atoms with E-state index in [0.717, 1.165) is 11.9 Å². The van der Waals surface area contributed by atoms with Crippen LogP contribution in [-0.2, 0) is 11.3 Å². The Morgan fingerprint density at radius 3 is 2.68 bits per heavy atom. The van der Waals surface area contributed by atoms with E-state index in [1.807, 2.05) is 29.2 Å². The van der Waals surface area contributed by atoms with E-state index >= 15 is 0 Å². The van der Waals surface area contributed by atoms with Gasteiger partial charge in [-0.2, -0.15) is 0 Å². The van der Waals surface area contributed by atoms with Crippen molar-refractivity contribution in [2.75, 3.05) is 0 Å². The van der Waals surface area contributed by atoms with Crippen LogP contribution in [0, 0.1) is 0 Å². The molecule has 1 aliphatic heterocycles. The van der Waals surface area contributed by atoms with E-state index in [9.17, 15) is 4.79 Å². The minimum Gasteiger partial charge on any atom is -0.361 e.